The Bertz CT molecular complexity index is 1250. The average molecular weight is 524 g/mol. The summed E-state index contributed by atoms with van der Waals surface area (Å²) in [6.07, 6.45) is 13.2. The zero-order chi connectivity index (χ0) is 28.1. The van der Waals surface area contributed by atoms with Crippen molar-refractivity contribution in [3.05, 3.63) is 84.5 Å². The van der Waals surface area contributed by atoms with Crippen LogP contribution in [-0.4, -0.2) is 46.4 Å². The lowest BCUT2D eigenvalue weighted by atomic mass is 9.92. The number of anilines is 1. The van der Waals surface area contributed by atoms with E-state index in [1.54, 1.807) is 61.4 Å². The smallest absolute Gasteiger partial charge is 0.332 e. The van der Waals surface area contributed by atoms with Gasteiger partial charge in [-0.2, -0.15) is 0 Å². The van der Waals surface area contributed by atoms with Gasteiger partial charge in [-0.1, -0.05) is 55.7 Å². The van der Waals surface area contributed by atoms with Gasteiger partial charge in [0.25, 0.3) is 0 Å². The minimum atomic E-state index is -1.12. The summed E-state index contributed by atoms with van der Waals surface area (Å²) in [6, 6.07) is 0.955. The minimum absolute atomic E-state index is 0.0433. The van der Waals surface area contributed by atoms with E-state index in [9.17, 15) is 14.4 Å². The van der Waals surface area contributed by atoms with E-state index in [2.05, 4.69) is 28.7 Å². The van der Waals surface area contributed by atoms with E-state index in [-0.39, 0.29) is 25.1 Å². The van der Waals surface area contributed by atoms with Crippen LogP contribution in [0.5, 0.6) is 0 Å². The summed E-state index contributed by atoms with van der Waals surface area (Å²) in [6.45, 7) is 7.09. The van der Waals surface area contributed by atoms with Crippen LogP contribution in [0.15, 0.2) is 61.6 Å². The number of carbonyl (C=O) groups is 3. The molecule has 200 valence electrons. The van der Waals surface area contributed by atoms with Crippen molar-refractivity contribution >= 4 is 24.5 Å². The van der Waals surface area contributed by atoms with Crippen molar-refractivity contribution in [2.45, 2.75) is 32.2 Å². The topological polar surface area (TPSA) is 87.5 Å². The number of nitrogens with zero attached hydrogens (tertiary/aromatic N) is 4. The molecule has 2 aromatic rings. The molecular formula is C28H31F2N5O3. The van der Waals surface area contributed by atoms with Crippen molar-refractivity contribution in [1.29, 1.82) is 0 Å². The fraction of sp³-hybridized carbons (Fsp3) is 0.286. The lowest BCUT2D eigenvalue weighted by Gasteiger charge is -2.41. The summed E-state index contributed by atoms with van der Waals surface area (Å²) in [5, 5.41) is 2.47. The Morgan fingerprint density at radius 3 is 2.50 bits per heavy atom. The molecule has 0 saturated carbocycles. The molecule has 1 aromatic carbocycles. The first kappa shape index (κ1) is 29.7. The standard InChI is InChI=1S/C28H31F2N5O3/c1-5-7-8-9-10-11-12-13-22-16-23(29)26(24(30)17-22)34(21-37)27(38)35(15-14-31-20-36)28(3,6-2)25-18-33(4)19-32-25/h5,7-10,16-21H,1,6,11,14-15H2,2-4H3,(H,31,36)/b8-7-,10-9-. The quantitative estimate of drug-likeness (QED) is 0.196. The number of hydrogen-bond acceptors (Lipinski definition) is 4. The monoisotopic (exact) mass is 523 g/mol. The number of aryl methyl sites for hydroxylation is 1. The van der Waals surface area contributed by atoms with Crippen LogP contribution < -0.4 is 10.2 Å². The van der Waals surface area contributed by atoms with Crippen LogP contribution in [0.1, 0.15) is 37.9 Å². The summed E-state index contributed by atoms with van der Waals surface area (Å²) < 4.78 is 31.9. The molecular weight excluding hydrogens is 492 g/mol. The second-order valence-electron chi connectivity index (χ2n) is 8.38. The molecule has 0 spiro atoms. The third-order valence-electron chi connectivity index (χ3n) is 5.85. The summed E-state index contributed by atoms with van der Waals surface area (Å²) in [7, 11) is 1.76. The second-order valence-corrected chi connectivity index (χ2v) is 8.38. The van der Waals surface area contributed by atoms with E-state index in [0.717, 1.165) is 12.1 Å². The zero-order valence-electron chi connectivity index (χ0n) is 21.7. The number of imidazole rings is 1. The number of imide groups is 1. The predicted octanol–water partition coefficient (Wildman–Crippen LogP) is 4.19. The van der Waals surface area contributed by atoms with E-state index >= 15 is 8.78 Å². The largest absolute Gasteiger partial charge is 0.357 e. The number of allylic oxidation sites excluding steroid dienone is 5. The van der Waals surface area contributed by atoms with E-state index in [0.29, 0.717) is 29.8 Å². The van der Waals surface area contributed by atoms with Crippen molar-refractivity contribution < 1.29 is 23.2 Å². The van der Waals surface area contributed by atoms with Gasteiger partial charge in [0.1, 0.15) is 5.69 Å². The Labute approximate surface area is 221 Å². The molecule has 1 aromatic heterocycles. The fourth-order valence-electron chi connectivity index (χ4n) is 3.68. The summed E-state index contributed by atoms with van der Waals surface area (Å²) in [5.74, 6) is 3.20. The molecule has 0 aliphatic rings. The second kappa shape index (κ2) is 14.3. The average Bonchev–Trinajstić information content (AvgIpc) is 3.34. The van der Waals surface area contributed by atoms with Crippen molar-refractivity contribution in [3.63, 3.8) is 0 Å². The molecule has 0 radical (unpaired) electrons. The maximum Gasteiger partial charge on any atom is 0.332 e. The van der Waals surface area contributed by atoms with E-state index in [4.69, 9.17) is 0 Å². The van der Waals surface area contributed by atoms with Crippen LogP contribution in [0.3, 0.4) is 0 Å². The number of urea groups is 1. The normalized spacial score (nSPS) is 12.4. The number of rotatable bonds is 12. The van der Waals surface area contributed by atoms with E-state index in [1.807, 2.05) is 6.92 Å². The number of nitrogens with one attached hydrogen (secondary N) is 1. The summed E-state index contributed by atoms with van der Waals surface area (Å²) in [4.78, 5) is 42.5. The van der Waals surface area contributed by atoms with Crippen molar-refractivity contribution in [3.8, 4) is 11.8 Å². The molecule has 38 heavy (non-hydrogen) atoms. The molecule has 2 rings (SSSR count). The van der Waals surface area contributed by atoms with E-state index in [1.165, 1.54) is 4.90 Å². The Balaban J connectivity index is 2.43. The maximum atomic E-state index is 15.1. The molecule has 0 saturated heterocycles. The van der Waals surface area contributed by atoms with Crippen LogP contribution in [0.2, 0.25) is 0 Å². The van der Waals surface area contributed by atoms with Gasteiger partial charge < -0.3 is 14.8 Å². The van der Waals surface area contributed by atoms with Crippen LogP contribution in [0.25, 0.3) is 0 Å². The number of aromatic nitrogens is 2. The van der Waals surface area contributed by atoms with Crippen LogP contribution >= 0.6 is 0 Å². The third-order valence-corrected chi connectivity index (χ3v) is 5.85. The van der Waals surface area contributed by atoms with E-state index < -0.39 is 28.9 Å². The minimum Gasteiger partial charge on any atom is -0.357 e. The number of amides is 4. The molecule has 10 heteroatoms. The SMILES string of the molecule is C=C/C=C\C=C/CC#Cc1cc(F)c(N(C=O)C(=O)N(CCNC=O)C(C)(CC)c2cn(C)cn2)c(F)c1. The molecule has 1 atom stereocenters. The highest BCUT2D eigenvalue weighted by molar-refractivity contribution is 6.06. The Hall–Kier alpha value is -4.52. The lowest BCUT2D eigenvalue weighted by molar-refractivity contribution is -0.110. The molecule has 8 nitrogen and oxygen atoms in total. The number of carbonyl (C=O) groups excluding carboxylic acids is 3. The first-order valence-corrected chi connectivity index (χ1v) is 11.9. The molecule has 0 bridgehead atoms. The van der Waals surface area contributed by atoms with Gasteiger partial charge in [-0.15, -0.1) is 0 Å². The number of hydrogen-bond donors (Lipinski definition) is 1. The van der Waals surface area contributed by atoms with Gasteiger partial charge in [-0.3, -0.25) is 9.59 Å². The highest BCUT2D eigenvalue weighted by atomic mass is 19.1. The molecule has 1 unspecified atom stereocenters. The first-order valence-electron chi connectivity index (χ1n) is 11.9. The Kier molecular flexibility index (Phi) is 11.2. The molecule has 0 aliphatic carbocycles. The summed E-state index contributed by atoms with van der Waals surface area (Å²) in [5.41, 5.74) is -1.32. The highest BCUT2D eigenvalue weighted by Crippen LogP contribution is 2.33. The van der Waals surface area contributed by atoms with Gasteiger partial charge in [0.05, 0.1) is 17.6 Å². The van der Waals surface area contributed by atoms with Gasteiger partial charge in [0.2, 0.25) is 12.8 Å². The molecule has 0 fully saturated rings. The fourth-order valence-corrected chi connectivity index (χ4v) is 3.68. The number of benzene rings is 1. The first-order chi connectivity index (χ1) is 18.2. The Morgan fingerprint density at radius 1 is 1.24 bits per heavy atom. The van der Waals surface area contributed by atoms with Crippen LogP contribution in [-0.2, 0) is 22.2 Å². The van der Waals surface area contributed by atoms with Crippen LogP contribution in [0.4, 0.5) is 19.3 Å². The third kappa shape index (κ3) is 7.26. The maximum absolute atomic E-state index is 15.1. The van der Waals surface area contributed by atoms with Crippen molar-refractivity contribution in [1.82, 2.24) is 19.8 Å². The Morgan fingerprint density at radius 2 is 1.95 bits per heavy atom. The molecule has 0 aliphatic heterocycles. The van der Waals surface area contributed by atoms with Gasteiger partial charge >= 0.3 is 6.03 Å². The zero-order valence-corrected chi connectivity index (χ0v) is 21.7. The molecule has 1 N–H and O–H groups in total. The summed E-state index contributed by atoms with van der Waals surface area (Å²) >= 11 is 0. The highest BCUT2D eigenvalue weighted by Gasteiger charge is 2.40. The van der Waals surface area contributed by atoms with Crippen molar-refractivity contribution in [2.75, 3.05) is 18.0 Å². The molecule has 4 amide bonds. The van der Waals surface area contributed by atoms with Gasteiger partial charge in [0.15, 0.2) is 11.6 Å². The van der Waals surface area contributed by atoms with Crippen molar-refractivity contribution in [2.24, 2.45) is 7.05 Å². The molecule has 1 heterocycles. The van der Waals surface area contributed by atoms with Gasteiger partial charge in [-0.25, -0.2) is 23.5 Å². The lowest BCUT2D eigenvalue weighted by Crippen LogP contribution is -2.55. The van der Waals surface area contributed by atoms with Gasteiger partial charge in [-0.05, 0) is 25.5 Å². The predicted molar refractivity (Wildman–Crippen MR) is 142 cm³/mol. The number of halogens is 2. The van der Waals surface area contributed by atoms with Gasteiger partial charge in [0, 0.05) is 38.3 Å². The van der Waals surface area contributed by atoms with Crippen LogP contribution in [0, 0.1) is 23.5 Å².